The van der Waals surface area contributed by atoms with Crippen molar-refractivity contribution < 1.29 is 4.74 Å². The molecule has 0 aliphatic rings. The summed E-state index contributed by atoms with van der Waals surface area (Å²) >= 11 is 0. The molecule has 0 aliphatic heterocycles. The van der Waals surface area contributed by atoms with E-state index in [0.29, 0.717) is 5.82 Å². The van der Waals surface area contributed by atoms with E-state index in [1.807, 2.05) is 19.9 Å². The maximum atomic E-state index is 9.19. The molecule has 2 N–H and O–H groups in total. The lowest BCUT2D eigenvalue weighted by atomic mass is 10.1. The first kappa shape index (κ1) is 15.5. The van der Waals surface area contributed by atoms with Gasteiger partial charge >= 0.3 is 0 Å². The van der Waals surface area contributed by atoms with E-state index in [4.69, 9.17) is 10.00 Å². The minimum Gasteiger partial charge on any atom is -0.480 e. The number of nitrogens with one attached hydrogen (secondary N) is 2. The van der Waals surface area contributed by atoms with E-state index in [1.165, 1.54) is 7.11 Å². The molecule has 0 radical (unpaired) electrons. The Bertz CT molecular complexity index is 567. The van der Waals surface area contributed by atoms with Crippen LogP contribution < -0.4 is 15.4 Å². The fourth-order valence-electron chi connectivity index (χ4n) is 1.43. The Kier molecular flexibility index (Phi) is 4.71. The number of anilines is 2. The SMILES string of the molecule is COc1nc(NC(C)(C)C#N)nc(NC(C)C)c1C#N. The molecule has 0 fully saturated rings. The van der Waals surface area contributed by atoms with Gasteiger partial charge in [-0.05, 0) is 27.7 Å². The third-order valence-corrected chi connectivity index (χ3v) is 2.31. The highest BCUT2D eigenvalue weighted by atomic mass is 16.5. The van der Waals surface area contributed by atoms with E-state index in [1.54, 1.807) is 13.8 Å². The van der Waals surface area contributed by atoms with Crippen LogP contribution in [0.3, 0.4) is 0 Å². The molecule has 1 aromatic heterocycles. The first-order valence-electron chi connectivity index (χ1n) is 6.15. The van der Waals surface area contributed by atoms with Gasteiger partial charge in [0.1, 0.15) is 11.6 Å². The van der Waals surface area contributed by atoms with Crippen molar-refractivity contribution in [2.24, 2.45) is 0 Å². The molecule has 0 saturated heterocycles. The van der Waals surface area contributed by atoms with E-state index in [-0.39, 0.29) is 23.4 Å². The molecule has 0 saturated carbocycles. The molecule has 1 heterocycles. The van der Waals surface area contributed by atoms with Gasteiger partial charge in [-0.15, -0.1) is 0 Å². The Morgan fingerprint density at radius 3 is 2.35 bits per heavy atom. The molecule has 106 valence electrons. The zero-order valence-electron chi connectivity index (χ0n) is 12.3. The zero-order valence-corrected chi connectivity index (χ0v) is 12.3. The number of nitriles is 2. The number of hydrogen-bond acceptors (Lipinski definition) is 7. The number of ether oxygens (including phenoxy) is 1. The van der Waals surface area contributed by atoms with Gasteiger partial charge < -0.3 is 15.4 Å². The average Bonchev–Trinajstić information content (AvgIpc) is 2.37. The van der Waals surface area contributed by atoms with Crippen LogP contribution in [0.25, 0.3) is 0 Å². The lowest BCUT2D eigenvalue weighted by Crippen LogP contribution is -2.30. The summed E-state index contributed by atoms with van der Waals surface area (Å²) < 4.78 is 5.11. The molecule has 0 aliphatic carbocycles. The topological polar surface area (TPSA) is 107 Å². The standard InChI is InChI=1S/C13H18N6O/c1-8(2)16-10-9(6-14)11(20-5)18-12(17-10)19-13(3,4)7-15/h8H,1-5H3,(H2,16,17,18,19). The van der Waals surface area contributed by atoms with Crippen LogP contribution in [0.15, 0.2) is 0 Å². The van der Waals surface area contributed by atoms with Crippen LogP contribution in [0.5, 0.6) is 5.88 Å². The summed E-state index contributed by atoms with van der Waals surface area (Å²) in [4.78, 5) is 8.34. The van der Waals surface area contributed by atoms with Crippen molar-refractivity contribution in [1.29, 1.82) is 10.5 Å². The molecule has 0 spiro atoms. The van der Waals surface area contributed by atoms with Gasteiger partial charge in [-0.1, -0.05) is 0 Å². The minimum absolute atomic E-state index is 0.0959. The maximum absolute atomic E-state index is 9.19. The Morgan fingerprint density at radius 1 is 1.25 bits per heavy atom. The quantitative estimate of drug-likeness (QED) is 0.844. The number of hydrogen-bond donors (Lipinski definition) is 2. The average molecular weight is 274 g/mol. The number of rotatable bonds is 5. The normalized spacial score (nSPS) is 10.6. The van der Waals surface area contributed by atoms with Crippen molar-refractivity contribution in [3.05, 3.63) is 5.56 Å². The third-order valence-electron chi connectivity index (χ3n) is 2.31. The molecule has 0 atom stereocenters. The van der Waals surface area contributed by atoms with Crippen molar-refractivity contribution in [2.75, 3.05) is 17.7 Å². The van der Waals surface area contributed by atoms with E-state index >= 15 is 0 Å². The summed E-state index contributed by atoms with van der Waals surface area (Å²) in [5.74, 6) is 0.781. The van der Waals surface area contributed by atoms with Crippen LogP contribution in [-0.4, -0.2) is 28.7 Å². The monoisotopic (exact) mass is 274 g/mol. The summed E-state index contributed by atoms with van der Waals surface area (Å²) in [7, 11) is 1.43. The summed E-state index contributed by atoms with van der Waals surface area (Å²) in [5.41, 5.74) is -0.588. The molecule has 0 amide bonds. The molecular formula is C13H18N6O. The lowest BCUT2D eigenvalue weighted by molar-refractivity contribution is 0.396. The Labute approximate surface area is 118 Å². The second kappa shape index (κ2) is 6.07. The van der Waals surface area contributed by atoms with Gasteiger partial charge in [0, 0.05) is 6.04 Å². The fourth-order valence-corrected chi connectivity index (χ4v) is 1.43. The van der Waals surface area contributed by atoms with Crippen LogP contribution in [0.2, 0.25) is 0 Å². The van der Waals surface area contributed by atoms with E-state index in [2.05, 4.69) is 26.7 Å². The molecule has 1 rings (SSSR count). The Hall–Kier alpha value is -2.54. The molecule has 7 nitrogen and oxygen atoms in total. The molecule has 0 bridgehead atoms. The molecule has 1 aromatic rings. The number of methoxy groups -OCH3 is 1. The molecule has 20 heavy (non-hydrogen) atoms. The van der Waals surface area contributed by atoms with Crippen LogP contribution in [0, 0.1) is 22.7 Å². The highest BCUT2D eigenvalue weighted by Crippen LogP contribution is 2.25. The predicted octanol–water partition coefficient (Wildman–Crippen LogP) is 1.89. The second-order valence-corrected chi connectivity index (χ2v) is 5.05. The van der Waals surface area contributed by atoms with Crippen LogP contribution >= 0.6 is 0 Å². The van der Waals surface area contributed by atoms with Crippen molar-refractivity contribution >= 4 is 11.8 Å². The summed E-state index contributed by atoms with van der Waals surface area (Å²) in [5, 5.41) is 24.2. The van der Waals surface area contributed by atoms with Crippen molar-refractivity contribution in [2.45, 2.75) is 39.3 Å². The smallest absolute Gasteiger partial charge is 0.238 e. The molecular weight excluding hydrogens is 256 g/mol. The Morgan fingerprint density at radius 2 is 1.90 bits per heavy atom. The van der Waals surface area contributed by atoms with Crippen molar-refractivity contribution in [1.82, 2.24) is 9.97 Å². The maximum Gasteiger partial charge on any atom is 0.238 e. The first-order chi connectivity index (χ1) is 9.32. The van der Waals surface area contributed by atoms with Gasteiger partial charge in [-0.2, -0.15) is 20.5 Å². The lowest BCUT2D eigenvalue weighted by Gasteiger charge is -2.19. The summed E-state index contributed by atoms with van der Waals surface area (Å²) in [6.07, 6.45) is 0. The van der Waals surface area contributed by atoms with Gasteiger partial charge in [0.05, 0.1) is 13.2 Å². The first-order valence-corrected chi connectivity index (χ1v) is 6.15. The zero-order chi connectivity index (χ0) is 15.3. The van der Waals surface area contributed by atoms with Crippen molar-refractivity contribution in [3.8, 4) is 18.0 Å². The minimum atomic E-state index is -0.825. The van der Waals surface area contributed by atoms with Gasteiger partial charge in [0.2, 0.25) is 11.8 Å². The summed E-state index contributed by atoms with van der Waals surface area (Å²) in [6.45, 7) is 7.28. The largest absolute Gasteiger partial charge is 0.480 e. The molecule has 0 unspecified atom stereocenters. The van der Waals surface area contributed by atoms with Gasteiger partial charge in [0.15, 0.2) is 11.4 Å². The van der Waals surface area contributed by atoms with Crippen LogP contribution in [0.1, 0.15) is 33.3 Å². The molecule has 0 aromatic carbocycles. The second-order valence-electron chi connectivity index (χ2n) is 5.05. The van der Waals surface area contributed by atoms with Gasteiger partial charge in [-0.3, -0.25) is 0 Å². The fraction of sp³-hybridized carbons (Fsp3) is 0.538. The predicted molar refractivity (Wildman–Crippen MR) is 75.4 cm³/mol. The highest BCUT2D eigenvalue weighted by Gasteiger charge is 2.21. The van der Waals surface area contributed by atoms with E-state index in [0.717, 1.165) is 0 Å². The van der Waals surface area contributed by atoms with Gasteiger partial charge in [0.25, 0.3) is 0 Å². The van der Waals surface area contributed by atoms with E-state index < -0.39 is 5.54 Å². The third kappa shape index (κ3) is 3.72. The van der Waals surface area contributed by atoms with Crippen LogP contribution in [0.4, 0.5) is 11.8 Å². The highest BCUT2D eigenvalue weighted by molar-refractivity contribution is 5.60. The Balaban J connectivity index is 3.29. The number of aromatic nitrogens is 2. The van der Waals surface area contributed by atoms with E-state index in [9.17, 15) is 5.26 Å². The van der Waals surface area contributed by atoms with Crippen molar-refractivity contribution in [3.63, 3.8) is 0 Å². The number of nitrogens with zero attached hydrogens (tertiary/aromatic N) is 4. The van der Waals surface area contributed by atoms with Gasteiger partial charge in [-0.25, -0.2) is 0 Å². The summed E-state index contributed by atoms with van der Waals surface area (Å²) in [6, 6.07) is 4.21. The van der Waals surface area contributed by atoms with Crippen LogP contribution in [-0.2, 0) is 0 Å². The molecule has 7 heteroatoms.